The fraction of sp³-hybridized carbons (Fsp3) is 0.120. The normalized spacial score (nSPS) is 14.9. The van der Waals surface area contributed by atoms with Gasteiger partial charge in [0.05, 0.1) is 5.76 Å². The molecule has 0 amide bonds. The Hall–Kier alpha value is -2.64. The van der Waals surface area contributed by atoms with Gasteiger partial charge in [-0.05, 0) is 37.6 Å². The van der Waals surface area contributed by atoms with Gasteiger partial charge in [-0.3, -0.25) is 4.79 Å². The van der Waals surface area contributed by atoms with Crippen LogP contribution in [-0.4, -0.2) is 10.9 Å². The summed E-state index contributed by atoms with van der Waals surface area (Å²) in [6, 6.07) is 30.7. The summed E-state index contributed by atoms with van der Waals surface area (Å²) >= 11 is 0. The number of benzene rings is 3. The molecule has 1 aliphatic heterocycles. The second kappa shape index (κ2) is 10.8. The summed E-state index contributed by atoms with van der Waals surface area (Å²) in [5, 5.41) is 8.36. The van der Waals surface area contributed by atoms with Crippen molar-refractivity contribution in [1.82, 2.24) is 0 Å². The van der Waals surface area contributed by atoms with Crippen molar-refractivity contribution < 1.29 is 31.0 Å². The Balaban J connectivity index is 0.000000327. The van der Waals surface area contributed by atoms with E-state index in [0.29, 0.717) is 0 Å². The number of rotatable bonds is 3. The second-order valence-corrected chi connectivity index (χ2v) is 6.61. The predicted octanol–water partition coefficient (Wildman–Crippen LogP) is 5.97. The van der Waals surface area contributed by atoms with Crippen LogP contribution in [0.5, 0.6) is 0 Å². The van der Waals surface area contributed by atoms with Crippen LogP contribution in [0.3, 0.4) is 0 Å². The average molecular weight is 565 g/mol. The van der Waals surface area contributed by atoms with E-state index in [4.69, 9.17) is 5.11 Å². The van der Waals surface area contributed by atoms with Crippen molar-refractivity contribution in [3.8, 4) is 0 Å². The van der Waals surface area contributed by atoms with Crippen LogP contribution in [0.2, 0.25) is 0 Å². The first-order valence-electron chi connectivity index (χ1n) is 9.19. The monoisotopic (exact) mass is 564 g/mol. The molecule has 0 radical (unpaired) electrons. The van der Waals surface area contributed by atoms with Crippen LogP contribution in [0.25, 0.3) is 0 Å². The van der Waals surface area contributed by atoms with Crippen LogP contribution < -0.4 is 4.90 Å². The summed E-state index contributed by atoms with van der Waals surface area (Å²) in [5.41, 5.74) is 5.00. The number of para-hydroxylation sites is 2. The van der Waals surface area contributed by atoms with Crippen LogP contribution in [0.15, 0.2) is 90.7 Å². The molecule has 1 aliphatic rings. The number of hydrogen-bond donors (Lipinski definition) is 1. The number of aliphatic hydroxyl groups excluding tert-OH is 1. The number of nitrogens with zero attached hydrogens (tertiary/aromatic N) is 1. The van der Waals surface area contributed by atoms with Crippen LogP contribution in [0.1, 0.15) is 30.9 Å². The Labute approximate surface area is 187 Å². The van der Waals surface area contributed by atoms with E-state index in [0.717, 1.165) is 0 Å². The molecule has 150 valence electrons. The van der Waals surface area contributed by atoms with Gasteiger partial charge in [-0.15, -0.1) is 5.92 Å². The van der Waals surface area contributed by atoms with Gasteiger partial charge in [0.15, 0.2) is 5.78 Å². The molecule has 0 bridgehead atoms. The van der Waals surface area contributed by atoms with Crippen LogP contribution in [-0.2, 0) is 25.9 Å². The number of hydrogen-bond acceptors (Lipinski definition) is 3. The molecule has 0 saturated heterocycles. The average Bonchev–Trinajstić information content (AvgIpc) is 3.09. The van der Waals surface area contributed by atoms with Crippen molar-refractivity contribution in [3.05, 3.63) is 114 Å². The second-order valence-electron chi connectivity index (χ2n) is 6.61. The van der Waals surface area contributed by atoms with Gasteiger partial charge in [-0.1, -0.05) is 36.4 Å². The summed E-state index contributed by atoms with van der Waals surface area (Å²) in [7, 11) is 0. The molecule has 3 aromatic rings. The topological polar surface area (TPSA) is 40.5 Å². The van der Waals surface area contributed by atoms with E-state index >= 15 is 0 Å². The third-order valence-electron chi connectivity index (χ3n) is 4.34. The maximum Gasteiger partial charge on any atom is 2.00 e. The standard InChI is InChI=1S/C20H15N.C5H8O2.Pt/c1-3-9-16(10-4-1)19-15-21(17-11-5-2-6-12-17)20-14-8-7-13-18(19)20;1-4(6)3-5(2)7;/h1-9,11-15,19H;3,6H,1-2H3;/q-2;;+2/b;4-3-;. The van der Waals surface area contributed by atoms with E-state index in [1.54, 1.807) is 0 Å². The van der Waals surface area contributed by atoms with Gasteiger partial charge >= 0.3 is 21.1 Å². The SMILES string of the molecule is CC(=O)/C=C(/C)O.[Pt+2].[c-]1ccccc1C1[CH-]N(c2ccccc2)c2ccccc21. The predicted molar refractivity (Wildman–Crippen MR) is 114 cm³/mol. The van der Waals surface area contributed by atoms with Gasteiger partial charge in [0.2, 0.25) is 0 Å². The molecule has 1 atom stereocenters. The maximum absolute atomic E-state index is 10.0. The van der Waals surface area contributed by atoms with Gasteiger partial charge < -0.3 is 10.0 Å². The van der Waals surface area contributed by atoms with Crippen LogP contribution in [0, 0.1) is 12.6 Å². The fourth-order valence-corrected chi connectivity index (χ4v) is 3.24. The van der Waals surface area contributed by atoms with Gasteiger partial charge in [0, 0.05) is 17.5 Å². The molecule has 0 aliphatic carbocycles. The van der Waals surface area contributed by atoms with Crippen LogP contribution in [0.4, 0.5) is 11.4 Å². The number of ketones is 1. The summed E-state index contributed by atoms with van der Waals surface area (Å²) < 4.78 is 0. The van der Waals surface area contributed by atoms with Crippen molar-refractivity contribution >= 4 is 17.2 Å². The largest absolute Gasteiger partial charge is 2.00 e. The number of carbonyl (C=O) groups is 1. The Morgan fingerprint density at radius 2 is 1.66 bits per heavy atom. The van der Waals surface area contributed by atoms with Gasteiger partial charge in [-0.2, -0.15) is 35.9 Å². The van der Waals surface area contributed by atoms with Crippen molar-refractivity contribution in [2.45, 2.75) is 19.8 Å². The van der Waals surface area contributed by atoms with E-state index < -0.39 is 0 Å². The number of allylic oxidation sites excluding steroid dienone is 2. The Bertz CT molecular complexity index is 886. The maximum atomic E-state index is 10.0. The minimum Gasteiger partial charge on any atom is -0.512 e. The molecule has 0 saturated carbocycles. The first kappa shape index (κ1) is 22.6. The van der Waals surface area contributed by atoms with Gasteiger partial charge in [-0.25, -0.2) is 6.54 Å². The molecule has 4 rings (SSSR count). The molecule has 0 spiro atoms. The zero-order valence-corrected chi connectivity index (χ0v) is 18.6. The third-order valence-corrected chi connectivity index (χ3v) is 4.34. The Morgan fingerprint density at radius 3 is 2.24 bits per heavy atom. The summed E-state index contributed by atoms with van der Waals surface area (Å²) in [4.78, 5) is 12.3. The first-order chi connectivity index (χ1) is 13.6. The minimum absolute atomic E-state index is 0. The first-order valence-corrected chi connectivity index (χ1v) is 9.19. The third kappa shape index (κ3) is 5.92. The van der Waals surface area contributed by atoms with Crippen molar-refractivity contribution in [3.63, 3.8) is 0 Å². The quantitative estimate of drug-likeness (QED) is 0.242. The molecule has 1 unspecified atom stereocenters. The number of carbonyl (C=O) groups excluding carboxylic acids is 1. The fourth-order valence-electron chi connectivity index (χ4n) is 3.24. The zero-order valence-electron chi connectivity index (χ0n) is 16.4. The van der Waals surface area contributed by atoms with E-state index in [2.05, 4.69) is 78.2 Å². The number of aliphatic hydroxyl groups is 1. The van der Waals surface area contributed by atoms with Gasteiger partial charge in [0.25, 0.3) is 0 Å². The zero-order chi connectivity index (χ0) is 19.9. The molecule has 3 nitrogen and oxygen atoms in total. The van der Waals surface area contributed by atoms with Crippen molar-refractivity contribution in [1.29, 1.82) is 0 Å². The van der Waals surface area contributed by atoms with E-state index in [1.165, 1.54) is 42.4 Å². The molecular formula is C25H23NO2Pt. The number of fused-ring (bicyclic) bond motifs is 1. The van der Waals surface area contributed by atoms with E-state index in [9.17, 15) is 4.79 Å². The van der Waals surface area contributed by atoms with Crippen LogP contribution >= 0.6 is 0 Å². The molecule has 1 N–H and O–H groups in total. The molecule has 0 fully saturated rings. The molecule has 1 heterocycles. The molecule has 0 aromatic heterocycles. The Kier molecular flexibility index (Phi) is 8.42. The molecule has 3 aromatic carbocycles. The minimum atomic E-state index is -0.125. The van der Waals surface area contributed by atoms with Crippen molar-refractivity contribution in [2.75, 3.05) is 4.90 Å². The van der Waals surface area contributed by atoms with Gasteiger partial charge in [0.1, 0.15) is 0 Å². The summed E-state index contributed by atoms with van der Waals surface area (Å²) in [6.07, 6.45) is 1.17. The Morgan fingerprint density at radius 1 is 1.00 bits per heavy atom. The summed E-state index contributed by atoms with van der Waals surface area (Å²) in [6.45, 7) is 5.13. The molecule has 29 heavy (non-hydrogen) atoms. The summed E-state index contributed by atoms with van der Waals surface area (Å²) in [5.74, 6) is 0.204. The van der Waals surface area contributed by atoms with E-state index in [-0.39, 0.29) is 38.5 Å². The molecule has 4 heteroatoms. The smallest absolute Gasteiger partial charge is 0.512 e. The molecular weight excluding hydrogens is 541 g/mol. The number of anilines is 2. The van der Waals surface area contributed by atoms with Crippen molar-refractivity contribution in [2.24, 2.45) is 0 Å². The van der Waals surface area contributed by atoms with E-state index in [1.807, 2.05) is 18.2 Å².